The van der Waals surface area contributed by atoms with Crippen molar-refractivity contribution in [3.8, 4) is 22.9 Å². The van der Waals surface area contributed by atoms with Gasteiger partial charge in [-0.25, -0.2) is 9.78 Å². The summed E-state index contributed by atoms with van der Waals surface area (Å²) in [5.74, 6) is 1.01. The molecule has 0 radical (unpaired) electrons. The van der Waals surface area contributed by atoms with Crippen molar-refractivity contribution in [1.29, 1.82) is 0 Å². The third-order valence-electron chi connectivity index (χ3n) is 5.30. The summed E-state index contributed by atoms with van der Waals surface area (Å²) in [6.45, 7) is 4.14. The lowest BCUT2D eigenvalue weighted by Crippen LogP contribution is -2.15. The maximum absolute atomic E-state index is 13.0. The summed E-state index contributed by atoms with van der Waals surface area (Å²) in [6, 6.07) is 3.65. The van der Waals surface area contributed by atoms with Crippen molar-refractivity contribution in [2.24, 2.45) is 0 Å². The van der Waals surface area contributed by atoms with E-state index in [0.717, 1.165) is 45.0 Å². The van der Waals surface area contributed by atoms with Gasteiger partial charge in [-0.05, 0) is 79.8 Å². The molecule has 0 saturated heterocycles. The molecule has 32 heavy (non-hydrogen) atoms. The Morgan fingerprint density at radius 1 is 1.16 bits per heavy atom. The molecule has 0 bridgehead atoms. The van der Waals surface area contributed by atoms with Crippen LogP contribution in [0.25, 0.3) is 21.6 Å². The Labute approximate surface area is 203 Å². The van der Waals surface area contributed by atoms with Crippen molar-refractivity contribution in [3.05, 3.63) is 36.5 Å². The highest BCUT2D eigenvalue weighted by atomic mass is 127. The molecular weight excluding hydrogens is 543 g/mol. The fourth-order valence-electron chi connectivity index (χ4n) is 3.92. The number of rotatable bonds is 7. The van der Waals surface area contributed by atoms with Crippen LogP contribution in [0, 0.1) is 3.57 Å². The van der Waals surface area contributed by atoms with Gasteiger partial charge in [-0.2, -0.15) is 0 Å². The summed E-state index contributed by atoms with van der Waals surface area (Å²) in [5.41, 5.74) is 1.80. The van der Waals surface area contributed by atoms with Gasteiger partial charge in [0.05, 0.1) is 22.2 Å². The van der Waals surface area contributed by atoms with Gasteiger partial charge in [0.15, 0.2) is 18.1 Å². The molecule has 1 aliphatic rings. The van der Waals surface area contributed by atoms with Gasteiger partial charge in [-0.15, -0.1) is 11.3 Å². The lowest BCUT2D eigenvalue weighted by atomic mass is 10.1. The van der Waals surface area contributed by atoms with Crippen molar-refractivity contribution in [1.82, 2.24) is 9.97 Å². The topological polar surface area (TPSA) is 90.5 Å². The van der Waals surface area contributed by atoms with Crippen LogP contribution in [0.4, 0.5) is 0 Å². The van der Waals surface area contributed by atoms with Crippen molar-refractivity contribution in [3.63, 3.8) is 0 Å². The van der Waals surface area contributed by atoms with E-state index in [0.29, 0.717) is 30.5 Å². The number of hydrogen-bond acceptors (Lipinski definition) is 7. The minimum Gasteiger partial charge on any atom is -0.490 e. The number of fused-ring (bicyclic) bond motifs is 3. The summed E-state index contributed by atoms with van der Waals surface area (Å²) < 4.78 is 17.1. The number of aromatic amines is 1. The van der Waals surface area contributed by atoms with E-state index in [1.807, 2.05) is 13.0 Å². The Morgan fingerprint density at radius 2 is 1.97 bits per heavy atom. The molecule has 0 atom stereocenters. The molecule has 4 rings (SSSR count). The van der Waals surface area contributed by atoms with E-state index >= 15 is 0 Å². The minimum atomic E-state index is -0.441. The zero-order valence-corrected chi connectivity index (χ0v) is 21.1. The Kier molecular flexibility index (Phi) is 7.34. The number of ether oxygens (including phenoxy) is 3. The molecule has 3 aromatic rings. The number of benzene rings is 1. The molecule has 0 fully saturated rings. The molecule has 2 aromatic heterocycles. The Bertz CT molecular complexity index is 1200. The first-order chi connectivity index (χ1) is 15.5. The first-order valence-electron chi connectivity index (χ1n) is 10.8. The predicted molar refractivity (Wildman–Crippen MR) is 133 cm³/mol. The van der Waals surface area contributed by atoms with Crippen LogP contribution in [0.3, 0.4) is 0 Å². The average molecular weight is 568 g/mol. The van der Waals surface area contributed by atoms with Crippen LogP contribution >= 0.6 is 33.9 Å². The number of hydrogen-bond donors (Lipinski definition) is 1. The second kappa shape index (κ2) is 10.2. The zero-order chi connectivity index (χ0) is 22.7. The molecule has 170 valence electrons. The summed E-state index contributed by atoms with van der Waals surface area (Å²) >= 11 is 3.77. The van der Waals surface area contributed by atoms with E-state index in [-0.39, 0.29) is 12.2 Å². The first-order valence-corrected chi connectivity index (χ1v) is 12.7. The SMILES string of the molecule is CCOC(=O)COc1c(I)cc(-c2nc3sc4c(c3c(=O)[nH]2)CCCCC4)cc1OCC. The predicted octanol–water partition coefficient (Wildman–Crippen LogP) is 4.87. The third kappa shape index (κ3) is 4.78. The third-order valence-corrected chi connectivity index (χ3v) is 7.28. The van der Waals surface area contributed by atoms with E-state index < -0.39 is 5.97 Å². The second-order valence-corrected chi connectivity index (χ2v) is 9.72. The van der Waals surface area contributed by atoms with Crippen molar-refractivity contribution >= 4 is 50.1 Å². The average Bonchev–Trinajstić information content (AvgIpc) is 2.95. The number of nitrogens with one attached hydrogen (secondary N) is 1. The normalized spacial score (nSPS) is 13.5. The van der Waals surface area contributed by atoms with Crippen LogP contribution in [0.2, 0.25) is 0 Å². The number of carbonyl (C=O) groups is 1. The smallest absolute Gasteiger partial charge is 0.344 e. The van der Waals surface area contributed by atoms with Crippen molar-refractivity contribution in [2.45, 2.75) is 46.0 Å². The fraction of sp³-hybridized carbons (Fsp3) is 0.435. The maximum Gasteiger partial charge on any atom is 0.344 e. The molecule has 2 heterocycles. The van der Waals surface area contributed by atoms with E-state index in [4.69, 9.17) is 19.2 Å². The highest BCUT2D eigenvalue weighted by Gasteiger charge is 2.21. The highest BCUT2D eigenvalue weighted by molar-refractivity contribution is 14.1. The second-order valence-electron chi connectivity index (χ2n) is 7.47. The molecule has 0 unspecified atom stereocenters. The number of carbonyl (C=O) groups excluding carboxylic acids is 1. The zero-order valence-electron chi connectivity index (χ0n) is 18.1. The number of aromatic nitrogens is 2. The first kappa shape index (κ1) is 23.0. The van der Waals surface area contributed by atoms with Gasteiger partial charge < -0.3 is 19.2 Å². The summed E-state index contributed by atoms with van der Waals surface area (Å²) in [7, 11) is 0. The molecule has 0 spiro atoms. The maximum atomic E-state index is 13.0. The standard InChI is InChI=1S/C23H25IN2O5S/c1-3-29-16-11-13(10-15(24)20(16)31-12-18(27)30-4-2)21-25-22(28)19-14-8-6-5-7-9-17(14)32-23(19)26-21/h10-11H,3-9,12H2,1-2H3,(H,25,26,28). The molecular formula is C23H25IN2O5S. The summed E-state index contributed by atoms with van der Waals surface area (Å²) in [6.07, 6.45) is 5.44. The minimum absolute atomic E-state index is 0.0972. The summed E-state index contributed by atoms with van der Waals surface area (Å²) in [5, 5.41) is 0.741. The van der Waals surface area contributed by atoms with E-state index in [2.05, 4.69) is 27.6 Å². The number of nitrogens with zero attached hydrogens (tertiary/aromatic N) is 1. The number of esters is 1. The van der Waals surface area contributed by atoms with Crippen molar-refractivity contribution < 1.29 is 19.0 Å². The van der Waals surface area contributed by atoms with E-state index in [9.17, 15) is 9.59 Å². The van der Waals surface area contributed by atoms with Crippen LogP contribution in [0.5, 0.6) is 11.5 Å². The number of halogens is 1. The Morgan fingerprint density at radius 3 is 2.75 bits per heavy atom. The van der Waals surface area contributed by atoms with E-state index in [1.54, 1.807) is 24.3 Å². The van der Waals surface area contributed by atoms with Gasteiger partial charge >= 0.3 is 5.97 Å². The highest BCUT2D eigenvalue weighted by Crippen LogP contribution is 2.38. The van der Waals surface area contributed by atoms with Gasteiger partial charge in [-0.3, -0.25) is 4.79 Å². The molecule has 0 amide bonds. The van der Waals surface area contributed by atoms with Crippen LogP contribution in [0.1, 0.15) is 43.6 Å². The lowest BCUT2D eigenvalue weighted by molar-refractivity contribution is -0.145. The fourth-order valence-corrected chi connectivity index (χ4v) is 5.94. The number of H-pyrrole nitrogens is 1. The van der Waals surface area contributed by atoms with Gasteiger partial charge in [0.25, 0.3) is 5.56 Å². The van der Waals surface area contributed by atoms with Crippen LogP contribution in [-0.2, 0) is 22.4 Å². The summed E-state index contributed by atoms with van der Waals surface area (Å²) in [4.78, 5) is 34.6. The van der Waals surface area contributed by atoms with Crippen LogP contribution in [-0.4, -0.2) is 35.8 Å². The largest absolute Gasteiger partial charge is 0.490 e. The Hall–Kier alpha value is -2.14. The molecule has 1 N–H and O–H groups in total. The van der Waals surface area contributed by atoms with E-state index in [1.165, 1.54) is 16.9 Å². The van der Waals surface area contributed by atoms with Gasteiger partial charge in [-0.1, -0.05) is 6.42 Å². The van der Waals surface area contributed by atoms with Crippen molar-refractivity contribution in [2.75, 3.05) is 19.8 Å². The lowest BCUT2D eigenvalue weighted by Gasteiger charge is -2.15. The monoisotopic (exact) mass is 568 g/mol. The van der Waals surface area contributed by atoms with Gasteiger partial charge in [0, 0.05) is 10.4 Å². The van der Waals surface area contributed by atoms with Crippen LogP contribution in [0.15, 0.2) is 16.9 Å². The number of aryl methyl sites for hydroxylation is 2. The molecule has 0 saturated carbocycles. The van der Waals surface area contributed by atoms with Crippen LogP contribution < -0.4 is 15.0 Å². The molecule has 1 aromatic carbocycles. The molecule has 1 aliphatic carbocycles. The molecule has 9 heteroatoms. The van der Waals surface area contributed by atoms with Gasteiger partial charge in [0.2, 0.25) is 0 Å². The molecule has 0 aliphatic heterocycles. The number of thiophene rings is 1. The Balaban J connectivity index is 1.73. The quantitative estimate of drug-likeness (QED) is 0.249. The van der Waals surface area contributed by atoms with Gasteiger partial charge in [0.1, 0.15) is 10.7 Å². The molecule has 7 nitrogen and oxygen atoms in total.